The third-order valence-electron chi connectivity index (χ3n) is 6.56. The Bertz CT molecular complexity index is 1470. The van der Waals surface area contributed by atoms with Gasteiger partial charge in [0.15, 0.2) is 9.84 Å². The van der Waals surface area contributed by atoms with E-state index in [1.165, 1.54) is 37.9 Å². The third-order valence-corrected chi connectivity index (χ3v) is 8.83. The van der Waals surface area contributed by atoms with E-state index in [2.05, 4.69) is 48.5 Å². The number of aryl methyl sites for hydroxylation is 2. The van der Waals surface area contributed by atoms with Crippen LogP contribution in [0.15, 0.2) is 71.6 Å². The van der Waals surface area contributed by atoms with E-state index in [1.54, 1.807) is 29.5 Å². The van der Waals surface area contributed by atoms with Gasteiger partial charge in [-0.25, -0.2) is 8.42 Å². The summed E-state index contributed by atoms with van der Waals surface area (Å²) in [5.41, 5.74) is 5.03. The molecule has 1 amide bonds. The number of fused-ring (bicyclic) bond motifs is 2. The molecule has 4 aromatic rings. The summed E-state index contributed by atoms with van der Waals surface area (Å²) in [5, 5.41) is 1.25. The minimum Gasteiger partial charge on any atom is -0.334 e. The van der Waals surface area contributed by atoms with Gasteiger partial charge in [-0.3, -0.25) is 4.79 Å². The molecule has 2 heterocycles. The highest BCUT2D eigenvalue weighted by Crippen LogP contribution is 2.35. The third kappa shape index (κ3) is 4.40. The summed E-state index contributed by atoms with van der Waals surface area (Å²) >= 11 is 1.79. The summed E-state index contributed by atoms with van der Waals surface area (Å²) in [6, 6.07) is 22.2. The van der Waals surface area contributed by atoms with Crippen molar-refractivity contribution in [2.75, 3.05) is 12.8 Å². The van der Waals surface area contributed by atoms with Crippen LogP contribution in [-0.2, 0) is 29.2 Å². The van der Waals surface area contributed by atoms with E-state index >= 15 is 0 Å². The van der Waals surface area contributed by atoms with Gasteiger partial charge in [-0.2, -0.15) is 0 Å². The molecule has 1 aromatic heterocycles. The average molecular weight is 490 g/mol. The fourth-order valence-electron chi connectivity index (χ4n) is 4.69. The maximum Gasteiger partial charge on any atom is 0.254 e. The Morgan fingerprint density at radius 1 is 1.00 bits per heavy atom. The maximum absolute atomic E-state index is 13.6. The van der Waals surface area contributed by atoms with E-state index in [1.807, 2.05) is 11.8 Å². The van der Waals surface area contributed by atoms with Crippen LogP contribution >= 0.6 is 11.3 Å². The van der Waals surface area contributed by atoms with Crippen molar-refractivity contribution in [3.8, 4) is 10.4 Å². The second kappa shape index (κ2) is 9.01. The van der Waals surface area contributed by atoms with E-state index < -0.39 is 9.84 Å². The highest BCUT2D eigenvalue weighted by Gasteiger charge is 2.23. The molecule has 0 saturated carbocycles. The second-order valence-electron chi connectivity index (χ2n) is 8.91. The Balaban J connectivity index is 1.46. The summed E-state index contributed by atoms with van der Waals surface area (Å²) in [4.78, 5) is 17.0. The Morgan fingerprint density at radius 3 is 2.59 bits per heavy atom. The lowest BCUT2D eigenvalue weighted by molar-refractivity contribution is 0.0744. The van der Waals surface area contributed by atoms with Crippen LogP contribution in [0.1, 0.15) is 40.4 Å². The number of carbonyl (C=O) groups is 1. The normalized spacial score (nSPS) is 14.1. The second-order valence-corrected chi connectivity index (χ2v) is 12.0. The van der Waals surface area contributed by atoms with Crippen molar-refractivity contribution in [3.05, 3.63) is 89.0 Å². The molecule has 0 spiro atoms. The molecule has 1 aliphatic rings. The Morgan fingerprint density at radius 2 is 1.82 bits per heavy atom. The van der Waals surface area contributed by atoms with Crippen molar-refractivity contribution < 1.29 is 13.2 Å². The molecule has 4 nitrogen and oxygen atoms in total. The maximum atomic E-state index is 13.6. The lowest BCUT2D eigenvalue weighted by Gasteiger charge is -2.23. The van der Waals surface area contributed by atoms with Gasteiger partial charge in [0.2, 0.25) is 0 Å². The zero-order valence-electron chi connectivity index (χ0n) is 19.4. The minimum atomic E-state index is -3.31. The number of amides is 1. The summed E-state index contributed by atoms with van der Waals surface area (Å²) < 4.78 is 25.2. The summed E-state index contributed by atoms with van der Waals surface area (Å²) in [6.45, 7) is 3.19. The molecule has 3 aromatic carbocycles. The van der Waals surface area contributed by atoms with Gasteiger partial charge >= 0.3 is 0 Å². The first kappa shape index (κ1) is 22.8. The predicted molar refractivity (Wildman–Crippen MR) is 139 cm³/mol. The number of hydrogen-bond donors (Lipinski definition) is 0. The van der Waals surface area contributed by atoms with Crippen LogP contribution in [0.4, 0.5) is 0 Å². The topological polar surface area (TPSA) is 54.5 Å². The number of carbonyl (C=O) groups excluding carboxylic acids is 1. The fraction of sp³-hybridized carbons (Fsp3) is 0.250. The van der Waals surface area contributed by atoms with Crippen LogP contribution in [0.2, 0.25) is 0 Å². The Labute approximate surface area is 204 Å². The SMILES string of the molecule is CCc1cc(S(C)(=O)=O)ccc1C(=O)N1CCCc2ccc(-c3cc4ccccc4s3)cc2C1. The van der Waals surface area contributed by atoms with Crippen LogP contribution in [0.25, 0.3) is 20.5 Å². The molecule has 0 radical (unpaired) electrons. The minimum absolute atomic E-state index is 0.0305. The van der Waals surface area contributed by atoms with Gasteiger partial charge in [0.05, 0.1) is 4.90 Å². The van der Waals surface area contributed by atoms with Gasteiger partial charge in [0.1, 0.15) is 0 Å². The van der Waals surface area contributed by atoms with Crippen LogP contribution < -0.4 is 0 Å². The first-order valence-electron chi connectivity index (χ1n) is 11.6. The van der Waals surface area contributed by atoms with Crippen molar-refractivity contribution in [2.24, 2.45) is 0 Å². The first-order valence-corrected chi connectivity index (χ1v) is 14.3. The molecule has 1 aliphatic heterocycles. The monoisotopic (exact) mass is 489 g/mol. The molecule has 0 N–H and O–H groups in total. The number of benzene rings is 3. The zero-order chi connectivity index (χ0) is 23.9. The van der Waals surface area contributed by atoms with Crippen LogP contribution in [0.3, 0.4) is 0 Å². The predicted octanol–water partition coefficient (Wildman–Crippen LogP) is 6.12. The van der Waals surface area contributed by atoms with Crippen molar-refractivity contribution in [1.29, 1.82) is 0 Å². The quantitative estimate of drug-likeness (QED) is 0.347. The van der Waals surface area contributed by atoms with Crippen LogP contribution in [0.5, 0.6) is 0 Å². The van der Waals surface area contributed by atoms with Gasteiger partial charge in [-0.1, -0.05) is 37.3 Å². The van der Waals surface area contributed by atoms with Gasteiger partial charge in [-0.05, 0) is 83.3 Å². The molecule has 0 bridgehead atoms. The van der Waals surface area contributed by atoms with Gasteiger partial charge in [0, 0.05) is 34.5 Å². The summed E-state index contributed by atoms with van der Waals surface area (Å²) in [7, 11) is -3.31. The number of hydrogen-bond acceptors (Lipinski definition) is 4. The zero-order valence-corrected chi connectivity index (χ0v) is 21.0. The lowest BCUT2D eigenvalue weighted by atomic mass is 10.00. The van der Waals surface area contributed by atoms with E-state index in [0.29, 0.717) is 25.1 Å². The van der Waals surface area contributed by atoms with E-state index in [-0.39, 0.29) is 10.8 Å². The molecule has 174 valence electrons. The largest absolute Gasteiger partial charge is 0.334 e. The van der Waals surface area contributed by atoms with Crippen molar-refractivity contribution >= 4 is 37.2 Å². The average Bonchev–Trinajstić information content (AvgIpc) is 3.15. The molecule has 0 aliphatic carbocycles. The molecule has 34 heavy (non-hydrogen) atoms. The highest BCUT2D eigenvalue weighted by molar-refractivity contribution is 7.90. The first-order chi connectivity index (χ1) is 16.3. The molecule has 0 fully saturated rings. The molecule has 5 rings (SSSR count). The smallest absolute Gasteiger partial charge is 0.254 e. The van der Waals surface area contributed by atoms with Crippen molar-refractivity contribution in [2.45, 2.75) is 37.6 Å². The van der Waals surface area contributed by atoms with Crippen LogP contribution in [-0.4, -0.2) is 32.0 Å². The fourth-order valence-corrected chi connectivity index (χ4v) is 6.42. The van der Waals surface area contributed by atoms with Gasteiger partial charge in [0.25, 0.3) is 5.91 Å². The Hall–Kier alpha value is -2.96. The van der Waals surface area contributed by atoms with Crippen molar-refractivity contribution in [1.82, 2.24) is 4.90 Å². The van der Waals surface area contributed by atoms with Crippen LogP contribution in [0, 0.1) is 0 Å². The highest BCUT2D eigenvalue weighted by atomic mass is 32.2. The Kier molecular flexibility index (Phi) is 6.04. The molecular formula is C28H27NO3S2. The van der Waals surface area contributed by atoms with E-state index in [4.69, 9.17) is 0 Å². The standard InChI is InChI=1S/C28H27NO3S2/c1-3-19-16-24(34(2,31)32)12-13-25(19)28(30)29-14-6-8-20-10-11-22(15-23(20)18-29)27-17-21-7-4-5-9-26(21)33-27/h4-5,7,9-13,15-17H,3,6,8,14,18H2,1-2H3. The van der Waals surface area contributed by atoms with Crippen molar-refractivity contribution in [3.63, 3.8) is 0 Å². The van der Waals surface area contributed by atoms with Gasteiger partial charge in [-0.15, -0.1) is 11.3 Å². The molecule has 6 heteroatoms. The summed E-state index contributed by atoms with van der Waals surface area (Å²) in [6.07, 6.45) is 3.65. The van der Waals surface area contributed by atoms with E-state index in [9.17, 15) is 13.2 Å². The van der Waals surface area contributed by atoms with Gasteiger partial charge < -0.3 is 4.90 Å². The number of rotatable bonds is 4. The molecule has 0 unspecified atom stereocenters. The molecule has 0 atom stereocenters. The number of nitrogens with zero attached hydrogens (tertiary/aromatic N) is 1. The molecule has 0 saturated heterocycles. The molecular weight excluding hydrogens is 462 g/mol. The lowest BCUT2D eigenvalue weighted by Crippen LogP contribution is -2.31. The summed E-state index contributed by atoms with van der Waals surface area (Å²) in [5.74, 6) is -0.0305. The number of sulfone groups is 1. The number of thiophene rings is 1. The van der Waals surface area contributed by atoms with E-state index in [0.717, 1.165) is 18.4 Å².